The first-order valence-electron chi connectivity index (χ1n) is 10.3. The lowest BCUT2D eigenvalue weighted by atomic mass is 9.88. The highest BCUT2D eigenvalue weighted by Crippen LogP contribution is 2.42. The van der Waals surface area contributed by atoms with E-state index in [1.165, 1.54) is 13.2 Å². The van der Waals surface area contributed by atoms with Crippen LogP contribution in [0.25, 0.3) is 11.1 Å². The number of carbonyl (C=O) groups is 2. The predicted octanol–water partition coefficient (Wildman–Crippen LogP) is 4.52. The number of anilines is 1. The van der Waals surface area contributed by atoms with Gasteiger partial charge in [-0.25, -0.2) is 9.59 Å². The highest BCUT2D eigenvalue weighted by atomic mass is 16.6. The number of carbonyl (C=O) groups excluding carboxylic acids is 2. The number of rotatable bonds is 6. The van der Waals surface area contributed by atoms with Crippen LogP contribution >= 0.6 is 0 Å². The number of methoxy groups -OCH3 is 1. The summed E-state index contributed by atoms with van der Waals surface area (Å²) in [6, 6.07) is 7.87. The third-order valence-electron chi connectivity index (χ3n) is 5.44. The Hall–Kier alpha value is -3.42. The zero-order valence-corrected chi connectivity index (χ0v) is 18.0. The van der Waals surface area contributed by atoms with Crippen molar-refractivity contribution in [2.24, 2.45) is 0 Å². The molecule has 164 valence electrons. The van der Waals surface area contributed by atoms with Crippen LogP contribution in [0.2, 0.25) is 0 Å². The maximum Gasteiger partial charge on any atom is 0.340 e. The number of piperidine rings is 1. The van der Waals surface area contributed by atoms with Crippen LogP contribution in [-0.2, 0) is 9.47 Å². The van der Waals surface area contributed by atoms with Crippen molar-refractivity contribution in [3.05, 3.63) is 57.1 Å². The number of hydrogen-bond donors (Lipinski definition) is 0. The molecule has 0 aliphatic carbocycles. The van der Waals surface area contributed by atoms with Gasteiger partial charge >= 0.3 is 11.9 Å². The van der Waals surface area contributed by atoms with Crippen LogP contribution < -0.4 is 4.90 Å². The van der Waals surface area contributed by atoms with Gasteiger partial charge < -0.3 is 14.4 Å². The molecule has 31 heavy (non-hydrogen) atoms. The quantitative estimate of drug-likeness (QED) is 0.380. The van der Waals surface area contributed by atoms with Gasteiger partial charge in [0.15, 0.2) is 0 Å². The van der Waals surface area contributed by atoms with E-state index in [1.54, 1.807) is 38.1 Å². The molecule has 8 heteroatoms. The van der Waals surface area contributed by atoms with Crippen LogP contribution in [-0.4, -0.2) is 43.7 Å². The molecule has 0 atom stereocenters. The predicted molar refractivity (Wildman–Crippen MR) is 117 cm³/mol. The molecule has 0 aromatic heterocycles. The normalized spacial score (nSPS) is 13.6. The molecular weight excluding hydrogens is 400 g/mol. The van der Waals surface area contributed by atoms with Gasteiger partial charge in [0.2, 0.25) is 0 Å². The molecule has 0 spiro atoms. The summed E-state index contributed by atoms with van der Waals surface area (Å²) in [5, 5.41) is 11.8. The van der Waals surface area contributed by atoms with E-state index in [1.807, 2.05) is 0 Å². The molecule has 0 N–H and O–H groups in total. The first-order valence-corrected chi connectivity index (χ1v) is 10.3. The number of benzene rings is 2. The summed E-state index contributed by atoms with van der Waals surface area (Å²) in [7, 11) is 1.24. The molecule has 8 nitrogen and oxygen atoms in total. The monoisotopic (exact) mass is 426 g/mol. The molecule has 0 saturated carbocycles. The van der Waals surface area contributed by atoms with E-state index in [2.05, 4.69) is 4.90 Å². The Balaban J connectivity index is 2.44. The minimum atomic E-state index is -0.665. The van der Waals surface area contributed by atoms with Gasteiger partial charge in [-0.15, -0.1) is 0 Å². The number of ether oxygens (including phenoxy) is 2. The maximum absolute atomic E-state index is 13.2. The van der Waals surface area contributed by atoms with E-state index in [4.69, 9.17) is 9.47 Å². The van der Waals surface area contributed by atoms with Crippen LogP contribution in [0, 0.1) is 17.0 Å². The highest BCUT2D eigenvalue weighted by molar-refractivity contribution is 6.11. The Labute approximate surface area is 180 Å². The fourth-order valence-corrected chi connectivity index (χ4v) is 4.07. The Bertz CT molecular complexity index is 1010. The van der Waals surface area contributed by atoms with Gasteiger partial charge in [-0.2, -0.15) is 0 Å². The smallest absolute Gasteiger partial charge is 0.340 e. The van der Waals surface area contributed by atoms with Crippen molar-refractivity contribution < 1.29 is 24.0 Å². The van der Waals surface area contributed by atoms with Gasteiger partial charge in [0.05, 0.1) is 41.0 Å². The molecule has 1 fully saturated rings. The van der Waals surface area contributed by atoms with E-state index in [0.717, 1.165) is 32.4 Å². The standard InChI is InChI=1S/C23H26N2O6/c1-4-31-23(27)21-18(24-12-8-5-9-13-24)14-15(2)19(22(26)30-3)20(21)16-10-6-7-11-17(16)25(28)29/h6-7,10-11,14H,4-5,8-9,12-13H2,1-3H3. The summed E-state index contributed by atoms with van der Waals surface area (Å²) in [6.07, 6.45) is 3.04. The fourth-order valence-electron chi connectivity index (χ4n) is 4.07. The van der Waals surface area contributed by atoms with Gasteiger partial charge in [0, 0.05) is 24.7 Å². The first-order chi connectivity index (χ1) is 14.9. The Morgan fingerprint density at radius 2 is 1.77 bits per heavy atom. The number of nitrogens with zero attached hydrogens (tertiary/aromatic N) is 2. The third-order valence-corrected chi connectivity index (χ3v) is 5.44. The SMILES string of the molecule is CCOC(=O)c1c(N2CCCCC2)cc(C)c(C(=O)OC)c1-c1ccccc1[N+](=O)[O-]. The van der Waals surface area contributed by atoms with Crippen molar-refractivity contribution in [2.75, 3.05) is 31.7 Å². The van der Waals surface area contributed by atoms with Crippen molar-refractivity contribution in [1.29, 1.82) is 0 Å². The number of esters is 2. The number of nitro benzene ring substituents is 1. The van der Waals surface area contributed by atoms with Crippen molar-refractivity contribution in [3.63, 3.8) is 0 Å². The molecule has 0 radical (unpaired) electrons. The summed E-state index contributed by atoms with van der Waals surface area (Å²) in [4.78, 5) is 39.3. The molecule has 1 heterocycles. The fraction of sp³-hybridized carbons (Fsp3) is 0.391. The molecule has 3 rings (SSSR count). The minimum absolute atomic E-state index is 0.126. The van der Waals surface area contributed by atoms with Crippen LogP contribution in [0.4, 0.5) is 11.4 Å². The summed E-state index contributed by atoms with van der Waals surface area (Å²) in [6.45, 7) is 5.07. The van der Waals surface area contributed by atoms with E-state index in [9.17, 15) is 19.7 Å². The van der Waals surface area contributed by atoms with Crippen molar-refractivity contribution in [2.45, 2.75) is 33.1 Å². The van der Waals surface area contributed by atoms with Gasteiger partial charge in [0.1, 0.15) is 0 Å². The third kappa shape index (κ3) is 4.38. The van der Waals surface area contributed by atoms with Crippen LogP contribution in [0.15, 0.2) is 30.3 Å². The first kappa shape index (κ1) is 22.3. The average Bonchev–Trinajstić information content (AvgIpc) is 2.78. The number of para-hydroxylation sites is 1. The number of nitro groups is 1. The second kappa shape index (κ2) is 9.59. The topological polar surface area (TPSA) is 99.0 Å². The lowest BCUT2D eigenvalue weighted by Gasteiger charge is -2.32. The molecule has 1 aliphatic rings. The largest absolute Gasteiger partial charge is 0.465 e. The van der Waals surface area contributed by atoms with E-state index < -0.39 is 16.9 Å². The Kier molecular flexibility index (Phi) is 6.89. The van der Waals surface area contributed by atoms with Crippen LogP contribution in [0.5, 0.6) is 0 Å². The highest BCUT2D eigenvalue weighted by Gasteiger charge is 2.32. The van der Waals surface area contributed by atoms with Gasteiger partial charge in [0.25, 0.3) is 5.69 Å². The lowest BCUT2D eigenvalue weighted by molar-refractivity contribution is -0.384. The summed E-state index contributed by atoms with van der Waals surface area (Å²) in [5.41, 5.74) is 1.64. The van der Waals surface area contributed by atoms with Gasteiger partial charge in [-0.3, -0.25) is 10.1 Å². The average molecular weight is 426 g/mol. The molecule has 2 aromatic rings. The molecule has 2 aromatic carbocycles. The number of hydrogen-bond acceptors (Lipinski definition) is 7. The summed E-state index contributed by atoms with van der Waals surface area (Å²) in [5.74, 6) is -1.29. The molecule has 0 unspecified atom stereocenters. The Morgan fingerprint density at radius 1 is 1.10 bits per heavy atom. The molecule has 1 saturated heterocycles. The van der Waals surface area contributed by atoms with E-state index in [0.29, 0.717) is 11.3 Å². The van der Waals surface area contributed by atoms with Crippen LogP contribution in [0.1, 0.15) is 52.5 Å². The second-order valence-electron chi connectivity index (χ2n) is 7.37. The second-order valence-corrected chi connectivity index (χ2v) is 7.37. The van der Waals surface area contributed by atoms with E-state index >= 15 is 0 Å². The van der Waals surface area contributed by atoms with Crippen molar-refractivity contribution >= 4 is 23.3 Å². The molecular formula is C23H26N2O6. The zero-order chi connectivity index (χ0) is 22.5. The number of aryl methyl sites for hydroxylation is 1. The molecule has 0 bridgehead atoms. The van der Waals surface area contributed by atoms with Crippen LogP contribution in [0.3, 0.4) is 0 Å². The minimum Gasteiger partial charge on any atom is -0.465 e. The summed E-state index contributed by atoms with van der Waals surface area (Å²) < 4.78 is 10.3. The zero-order valence-electron chi connectivity index (χ0n) is 18.0. The van der Waals surface area contributed by atoms with Gasteiger partial charge in [-0.1, -0.05) is 12.1 Å². The Morgan fingerprint density at radius 3 is 2.39 bits per heavy atom. The maximum atomic E-state index is 13.2. The lowest BCUT2D eigenvalue weighted by Crippen LogP contribution is -2.32. The summed E-state index contributed by atoms with van der Waals surface area (Å²) >= 11 is 0. The molecule has 1 aliphatic heterocycles. The van der Waals surface area contributed by atoms with E-state index in [-0.39, 0.29) is 34.5 Å². The van der Waals surface area contributed by atoms with Gasteiger partial charge in [-0.05, 0) is 50.8 Å². The molecule has 0 amide bonds. The van der Waals surface area contributed by atoms with Crippen molar-refractivity contribution in [1.82, 2.24) is 0 Å². The van der Waals surface area contributed by atoms with Crippen molar-refractivity contribution in [3.8, 4) is 11.1 Å².